The Morgan fingerprint density at radius 2 is 2.10 bits per heavy atom. The zero-order valence-electron chi connectivity index (χ0n) is 10.2. The van der Waals surface area contributed by atoms with E-state index in [4.69, 9.17) is 28.3 Å². The monoisotopic (exact) mass is 352 g/mol. The van der Waals surface area contributed by atoms with Crippen LogP contribution >= 0.6 is 34.5 Å². The predicted octanol–water partition coefficient (Wildman–Crippen LogP) is 3.05. The summed E-state index contributed by atoms with van der Waals surface area (Å²) in [6.07, 6.45) is 1.56. The molecule has 0 aliphatic rings. The summed E-state index contributed by atoms with van der Waals surface area (Å²) in [7, 11) is -3.92. The van der Waals surface area contributed by atoms with Crippen LogP contribution in [0.4, 0.5) is 5.13 Å². The second-order valence-electron chi connectivity index (χ2n) is 3.92. The largest absolute Gasteiger partial charge is 0.392 e. The van der Waals surface area contributed by atoms with Crippen molar-refractivity contribution in [3.05, 3.63) is 38.8 Å². The van der Waals surface area contributed by atoms with Crippen LogP contribution in [-0.4, -0.2) is 18.5 Å². The fraction of sp³-hybridized carbons (Fsp3) is 0.182. The Hall–Kier alpha value is -0.860. The van der Waals surface area contributed by atoms with Crippen molar-refractivity contribution in [3.8, 4) is 0 Å². The van der Waals surface area contributed by atoms with Gasteiger partial charge in [-0.25, -0.2) is 13.4 Å². The highest BCUT2D eigenvalue weighted by molar-refractivity contribution is 7.93. The van der Waals surface area contributed by atoms with Crippen LogP contribution < -0.4 is 4.72 Å². The molecular formula is C11H10Cl2N2O3S2. The topological polar surface area (TPSA) is 79.3 Å². The SMILES string of the molecule is Cc1cnc(NS(=O)(=O)c2cc(Cl)cc(CO)c2Cl)s1. The molecule has 0 aliphatic heterocycles. The molecule has 1 heterocycles. The van der Waals surface area contributed by atoms with Crippen molar-refractivity contribution < 1.29 is 13.5 Å². The average molecular weight is 353 g/mol. The van der Waals surface area contributed by atoms with Crippen molar-refractivity contribution in [1.29, 1.82) is 0 Å². The summed E-state index contributed by atoms with van der Waals surface area (Å²) in [4.78, 5) is 4.60. The molecule has 0 fully saturated rings. The lowest BCUT2D eigenvalue weighted by molar-refractivity contribution is 0.281. The number of aliphatic hydroxyl groups is 1. The van der Waals surface area contributed by atoms with Crippen molar-refractivity contribution in [3.63, 3.8) is 0 Å². The zero-order chi connectivity index (χ0) is 14.9. The number of thiazole rings is 1. The molecule has 2 N–H and O–H groups in total. The Balaban J connectivity index is 2.46. The molecule has 5 nitrogen and oxygen atoms in total. The molecule has 1 aromatic carbocycles. The molecule has 0 saturated carbocycles. The lowest BCUT2D eigenvalue weighted by Gasteiger charge is -2.10. The van der Waals surface area contributed by atoms with E-state index >= 15 is 0 Å². The van der Waals surface area contributed by atoms with Crippen LogP contribution in [0.3, 0.4) is 0 Å². The van der Waals surface area contributed by atoms with Gasteiger partial charge in [0, 0.05) is 16.1 Å². The minimum Gasteiger partial charge on any atom is -0.392 e. The van der Waals surface area contributed by atoms with E-state index < -0.39 is 16.6 Å². The standard InChI is InChI=1S/C11H10Cl2N2O3S2/c1-6-4-14-11(19-6)15-20(17,18)9-3-8(12)2-7(5-16)10(9)13/h2-4,16H,5H2,1H3,(H,14,15). The Morgan fingerprint density at radius 1 is 1.40 bits per heavy atom. The van der Waals surface area contributed by atoms with Gasteiger partial charge in [0.15, 0.2) is 5.13 Å². The Kier molecular flexibility index (Phi) is 4.55. The number of hydrogen-bond donors (Lipinski definition) is 2. The summed E-state index contributed by atoms with van der Waals surface area (Å²) in [6.45, 7) is 1.41. The summed E-state index contributed by atoms with van der Waals surface area (Å²) in [6, 6.07) is 2.64. The van der Waals surface area contributed by atoms with Gasteiger partial charge >= 0.3 is 0 Å². The van der Waals surface area contributed by atoms with Crippen molar-refractivity contribution >= 4 is 49.7 Å². The van der Waals surface area contributed by atoms with Crippen molar-refractivity contribution in [2.45, 2.75) is 18.4 Å². The molecule has 0 unspecified atom stereocenters. The third-order valence-corrected chi connectivity index (χ3v) is 5.48. The molecule has 1 aromatic heterocycles. The average Bonchev–Trinajstić information content (AvgIpc) is 2.76. The minimum atomic E-state index is -3.92. The van der Waals surface area contributed by atoms with Crippen molar-refractivity contribution in [2.24, 2.45) is 0 Å². The second-order valence-corrected chi connectivity index (χ2v) is 7.62. The Labute approximate surface area is 130 Å². The smallest absolute Gasteiger partial charge is 0.265 e. The first-order chi connectivity index (χ1) is 9.33. The van der Waals surface area contributed by atoms with Crippen LogP contribution in [0.15, 0.2) is 23.2 Å². The first kappa shape index (κ1) is 15.5. The van der Waals surface area contributed by atoms with E-state index in [1.165, 1.54) is 23.5 Å². The third-order valence-electron chi connectivity index (χ3n) is 2.38. The quantitative estimate of drug-likeness (QED) is 0.886. The zero-order valence-corrected chi connectivity index (χ0v) is 13.4. The van der Waals surface area contributed by atoms with Gasteiger partial charge in [-0.2, -0.15) is 0 Å². The maximum atomic E-state index is 12.3. The van der Waals surface area contributed by atoms with Crippen LogP contribution in [0, 0.1) is 6.92 Å². The van der Waals surface area contributed by atoms with Gasteiger partial charge in [0.1, 0.15) is 4.90 Å². The molecule has 0 radical (unpaired) electrons. The van der Waals surface area contributed by atoms with Crippen LogP contribution in [-0.2, 0) is 16.6 Å². The van der Waals surface area contributed by atoms with Crippen LogP contribution in [0.25, 0.3) is 0 Å². The van der Waals surface area contributed by atoms with E-state index in [1.54, 1.807) is 6.20 Å². The number of nitrogens with one attached hydrogen (secondary N) is 1. The predicted molar refractivity (Wildman–Crippen MR) is 80.0 cm³/mol. The van der Waals surface area contributed by atoms with Gasteiger partial charge < -0.3 is 5.11 Å². The molecule has 0 saturated heterocycles. The van der Waals surface area contributed by atoms with Crippen molar-refractivity contribution in [2.75, 3.05) is 4.72 Å². The molecular weight excluding hydrogens is 343 g/mol. The summed E-state index contributed by atoms with van der Waals surface area (Å²) in [5.74, 6) is 0. The van der Waals surface area contributed by atoms with E-state index in [0.29, 0.717) is 0 Å². The van der Waals surface area contributed by atoms with Crippen LogP contribution in [0.5, 0.6) is 0 Å². The third kappa shape index (κ3) is 3.24. The van der Waals surface area contributed by atoms with E-state index in [0.717, 1.165) is 4.88 Å². The summed E-state index contributed by atoms with van der Waals surface area (Å²) in [5, 5.41) is 9.51. The Bertz CT molecular complexity index is 744. The second kappa shape index (κ2) is 5.87. The van der Waals surface area contributed by atoms with Crippen LogP contribution in [0.1, 0.15) is 10.4 Å². The number of anilines is 1. The molecule has 0 aliphatic carbocycles. The normalized spacial score (nSPS) is 11.6. The van der Waals surface area contributed by atoms with E-state index in [1.807, 2.05) is 6.92 Å². The molecule has 0 spiro atoms. The van der Waals surface area contributed by atoms with E-state index in [-0.39, 0.29) is 25.6 Å². The van der Waals surface area contributed by atoms with E-state index in [2.05, 4.69) is 9.71 Å². The van der Waals surface area contributed by atoms with Gasteiger partial charge in [0.05, 0.1) is 11.6 Å². The highest BCUT2D eigenvalue weighted by Crippen LogP contribution is 2.31. The minimum absolute atomic E-state index is 0.0577. The number of aromatic nitrogens is 1. The molecule has 2 aromatic rings. The summed E-state index contributed by atoms with van der Waals surface area (Å²) >= 11 is 13.0. The van der Waals surface area contributed by atoms with Crippen LogP contribution in [0.2, 0.25) is 10.0 Å². The van der Waals surface area contributed by atoms with Gasteiger partial charge in [-0.3, -0.25) is 4.72 Å². The van der Waals surface area contributed by atoms with Crippen molar-refractivity contribution in [1.82, 2.24) is 4.98 Å². The van der Waals surface area contributed by atoms with Gasteiger partial charge in [-0.05, 0) is 24.6 Å². The number of sulfonamides is 1. The van der Waals surface area contributed by atoms with Gasteiger partial charge in [-0.15, -0.1) is 11.3 Å². The fourth-order valence-electron chi connectivity index (χ4n) is 1.50. The lowest BCUT2D eigenvalue weighted by Crippen LogP contribution is -2.14. The number of hydrogen-bond acceptors (Lipinski definition) is 5. The molecule has 0 atom stereocenters. The number of halogens is 2. The summed E-state index contributed by atoms with van der Waals surface area (Å²) < 4.78 is 26.9. The molecule has 0 amide bonds. The summed E-state index contributed by atoms with van der Waals surface area (Å²) in [5.41, 5.74) is 0.245. The number of rotatable bonds is 4. The maximum absolute atomic E-state index is 12.3. The lowest BCUT2D eigenvalue weighted by atomic mass is 10.2. The van der Waals surface area contributed by atoms with Gasteiger partial charge in [0.25, 0.3) is 10.0 Å². The molecule has 2 rings (SSSR count). The number of aliphatic hydroxyl groups excluding tert-OH is 1. The molecule has 108 valence electrons. The van der Waals surface area contributed by atoms with E-state index in [9.17, 15) is 8.42 Å². The first-order valence-corrected chi connectivity index (χ1v) is 8.43. The van der Waals surface area contributed by atoms with Gasteiger partial charge in [0.2, 0.25) is 0 Å². The Morgan fingerprint density at radius 3 is 2.65 bits per heavy atom. The maximum Gasteiger partial charge on any atom is 0.265 e. The highest BCUT2D eigenvalue weighted by atomic mass is 35.5. The molecule has 20 heavy (non-hydrogen) atoms. The molecule has 0 bridgehead atoms. The number of nitrogens with zero attached hydrogens (tertiary/aromatic N) is 1. The highest BCUT2D eigenvalue weighted by Gasteiger charge is 2.22. The first-order valence-electron chi connectivity index (χ1n) is 5.37. The fourth-order valence-corrected chi connectivity index (χ4v) is 4.33. The number of aryl methyl sites for hydroxylation is 1. The van der Waals surface area contributed by atoms with Gasteiger partial charge in [-0.1, -0.05) is 23.2 Å². The molecule has 9 heteroatoms. The number of benzene rings is 1.